The van der Waals surface area contributed by atoms with Crippen LogP contribution >= 0.6 is 0 Å². The van der Waals surface area contributed by atoms with E-state index in [4.69, 9.17) is 10.00 Å². The van der Waals surface area contributed by atoms with Crippen LogP contribution in [0.4, 0.5) is 13.2 Å². The molecule has 1 amide bonds. The number of nitriles is 1. The second kappa shape index (κ2) is 7.61. The molecule has 140 valence electrons. The van der Waals surface area contributed by atoms with Gasteiger partial charge in [0, 0.05) is 26.2 Å². The summed E-state index contributed by atoms with van der Waals surface area (Å²) in [6, 6.07) is 8.56. The van der Waals surface area contributed by atoms with Crippen molar-refractivity contribution in [3.63, 3.8) is 0 Å². The highest BCUT2D eigenvalue weighted by atomic mass is 19.4. The maximum atomic E-state index is 12.8. The van der Waals surface area contributed by atoms with Crippen molar-refractivity contribution in [1.82, 2.24) is 9.80 Å². The van der Waals surface area contributed by atoms with Crippen LogP contribution in [0.25, 0.3) is 0 Å². The van der Waals surface area contributed by atoms with Gasteiger partial charge in [0.2, 0.25) is 11.8 Å². The normalized spacial score (nSPS) is 18.1. The summed E-state index contributed by atoms with van der Waals surface area (Å²) >= 11 is 0. The fraction of sp³-hybridized carbons (Fsp3) is 0.438. The molecule has 0 spiro atoms. The number of hydrogen-bond acceptors (Lipinski definition) is 5. The fourth-order valence-electron chi connectivity index (χ4n) is 2.32. The predicted molar refractivity (Wildman–Crippen MR) is 84.9 cm³/mol. The van der Waals surface area contributed by atoms with Crippen LogP contribution in [0.15, 0.2) is 35.3 Å². The Morgan fingerprint density at radius 3 is 2.23 bits per heavy atom. The molecule has 1 fully saturated rings. The van der Waals surface area contributed by atoms with Gasteiger partial charge in [-0.25, -0.2) is 0 Å². The van der Waals surface area contributed by atoms with Crippen molar-refractivity contribution in [2.24, 2.45) is 4.99 Å². The van der Waals surface area contributed by atoms with Crippen molar-refractivity contribution >= 4 is 11.9 Å². The van der Waals surface area contributed by atoms with Crippen molar-refractivity contribution in [1.29, 1.82) is 5.26 Å². The quantitative estimate of drug-likeness (QED) is 0.482. The van der Waals surface area contributed by atoms with Gasteiger partial charge in [0.25, 0.3) is 5.91 Å². The van der Waals surface area contributed by atoms with Crippen LogP contribution in [0.2, 0.25) is 0 Å². The Labute approximate surface area is 147 Å². The molecule has 1 unspecified atom stereocenters. The molecule has 1 aromatic carbocycles. The molecule has 1 aliphatic rings. The number of amides is 1. The maximum Gasteiger partial charge on any atom is 0.426 e. The number of para-hydroxylation sites is 1. The topological polar surface area (TPSA) is 89.2 Å². The second-order valence-electron chi connectivity index (χ2n) is 5.76. The first-order valence-corrected chi connectivity index (χ1v) is 7.70. The van der Waals surface area contributed by atoms with Gasteiger partial charge in [0.05, 0.1) is 0 Å². The van der Waals surface area contributed by atoms with Gasteiger partial charge in [-0.1, -0.05) is 18.2 Å². The fourth-order valence-corrected chi connectivity index (χ4v) is 2.32. The standard InChI is InChI=1S/C16H17F3N4O3/c1-15(25,16(17,18)19)13(24)22-7-9-23(10-8-22)14(21-11-20)26-12-5-3-2-4-6-12/h2-6,25H,7-10H2,1H3. The molecule has 0 bridgehead atoms. The summed E-state index contributed by atoms with van der Waals surface area (Å²) in [6.07, 6.45) is -3.45. The molecule has 26 heavy (non-hydrogen) atoms. The Morgan fingerprint density at radius 1 is 1.19 bits per heavy atom. The molecular weight excluding hydrogens is 353 g/mol. The minimum atomic E-state index is -5.06. The first kappa shape index (κ1) is 19.5. The van der Waals surface area contributed by atoms with Crippen LogP contribution in [-0.2, 0) is 4.79 Å². The van der Waals surface area contributed by atoms with Crippen molar-refractivity contribution in [2.75, 3.05) is 26.2 Å². The number of carbonyl (C=O) groups is 1. The lowest BCUT2D eigenvalue weighted by molar-refractivity contribution is -0.250. The van der Waals surface area contributed by atoms with Crippen LogP contribution in [0.1, 0.15) is 6.92 Å². The van der Waals surface area contributed by atoms with Gasteiger partial charge in [-0.15, -0.1) is 4.99 Å². The number of aliphatic hydroxyl groups is 1. The van der Waals surface area contributed by atoms with E-state index >= 15 is 0 Å². The number of alkyl halides is 3. The maximum absolute atomic E-state index is 12.8. The number of carbonyl (C=O) groups excluding carboxylic acids is 1. The highest BCUT2D eigenvalue weighted by Gasteiger charge is 2.57. The van der Waals surface area contributed by atoms with Crippen LogP contribution in [0, 0.1) is 11.5 Å². The number of piperazine rings is 1. The zero-order valence-electron chi connectivity index (χ0n) is 13.9. The van der Waals surface area contributed by atoms with E-state index in [2.05, 4.69) is 4.99 Å². The third-order valence-corrected chi connectivity index (χ3v) is 3.90. The number of halogens is 3. The van der Waals surface area contributed by atoms with Crippen LogP contribution in [0.3, 0.4) is 0 Å². The SMILES string of the molecule is CC(O)(C(=O)N1CCN(C(=NC#N)Oc2ccccc2)CC1)C(F)(F)F. The molecular formula is C16H17F3N4O3. The number of amidine groups is 1. The lowest BCUT2D eigenvalue weighted by Crippen LogP contribution is -2.60. The van der Waals surface area contributed by atoms with E-state index < -0.39 is 17.7 Å². The van der Waals surface area contributed by atoms with Gasteiger partial charge in [0.15, 0.2) is 0 Å². The lowest BCUT2D eigenvalue weighted by Gasteiger charge is -2.38. The monoisotopic (exact) mass is 370 g/mol. The molecule has 0 radical (unpaired) electrons. The molecule has 10 heteroatoms. The Bertz CT molecular complexity index is 706. The summed E-state index contributed by atoms with van der Waals surface area (Å²) in [5.74, 6) is -0.965. The van der Waals surface area contributed by atoms with Crippen LogP contribution < -0.4 is 4.74 Å². The number of ether oxygens (including phenoxy) is 1. The Balaban J connectivity index is 2.03. The van der Waals surface area contributed by atoms with E-state index in [9.17, 15) is 23.1 Å². The third-order valence-electron chi connectivity index (χ3n) is 3.90. The van der Waals surface area contributed by atoms with Gasteiger partial charge in [0.1, 0.15) is 5.75 Å². The molecule has 2 rings (SSSR count). The number of nitrogens with zero attached hydrogens (tertiary/aromatic N) is 4. The van der Waals surface area contributed by atoms with E-state index in [0.717, 1.165) is 4.90 Å². The summed E-state index contributed by atoms with van der Waals surface area (Å²) in [5, 5.41) is 18.3. The Hall–Kier alpha value is -2.80. The minimum absolute atomic E-state index is 0.00613. The van der Waals surface area contributed by atoms with Crippen molar-refractivity contribution in [3.8, 4) is 11.9 Å². The van der Waals surface area contributed by atoms with E-state index in [0.29, 0.717) is 12.7 Å². The van der Waals surface area contributed by atoms with E-state index in [1.165, 1.54) is 0 Å². The predicted octanol–water partition coefficient (Wildman–Crippen LogP) is 1.36. The number of rotatable bonds is 2. The first-order valence-electron chi connectivity index (χ1n) is 7.70. The zero-order valence-corrected chi connectivity index (χ0v) is 13.9. The molecule has 1 atom stereocenters. The Kier molecular flexibility index (Phi) is 5.72. The highest BCUT2D eigenvalue weighted by Crippen LogP contribution is 2.31. The molecule has 0 saturated carbocycles. The minimum Gasteiger partial charge on any atom is -0.425 e. The van der Waals surface area contributed by atoms with E-state index in [1.54, 1.807) is 41.4 Å². The van der Waals surface area contributed by atoms with Gasteiger partial charge in [-0.3, -0.25) is 4.79 Å². The van der Waals surface area contributed by atoms with Gasteiger partial charge in [-0.05, 0) is 19.1 Å². The molecule has 1 aliphatic heterocycles. The van der Waals surface area contributed by atoms with E-state index in [1.807, 2.05) is 0 Å². The number of aliphatic imine (C=N–C) groups is 1. The van der Waals surface area contributed by atoms with Gasteiger partial charge < -0.3 is 19.6 Å². The summed E-state index contributed by atoms with van der Waals surface area (Å²) in [6.45, 7) is 0.490. The van der Waals surface area contributed by atoms with Crippen LogP contribution in [0.5, 0.6) is 5.75 Å². The summed E-state index contributed by atoms with van der Waals surface area (Å²) in [5.41, 5.74) is -3.45. The molecule has 1 heterocycles. The highest BCUT2D eigenvalue weighted by molar-refractivity contribution is 5.86. The third kappa shape index (κ3) is 4.23. The molecule has 1 aromatic rings. The van der Waals surface area contributed by atoms with Crippen molar-refractivity contribution in [3.05, 3.63) is 30.3 Å². The molecule has 7 nitrogen and oxygen atoms in total. The average molecular weight is 370 g/mol. The zero-order chi connectivity index (χ0) is 19.4. The molecule has 0 aliphatic carbocycles. The number of hydrogen-bond donors (Lipinski definition) is 1. The molecule has 1 saturated heterocycles. The second-order valence-corrected chi connectivity index (χ2v) is 5.76. The van der Waals surface area contributed by atoms with Crippen molar-refractivity contribution in [2.45, 2.75) is 18.7 Å². The van der Waals surface area contributed by atoms with Crippen LogP contribution in [-0.4, -0.2) is 64.8 Å². The molecule has 1 N–H and O–H groups in total. The summed E-state index contributed by atoms with van der Waals surface area (Å²) in [7, 11) is 0. The van der Waals surface area contributed by atoms with Gasteiger partial charge >= 0.3 is 12.2 Å². The summed E-state index contributed by atoms with van der Waals surface area (Å²) in [4.78, 5) is 18.0. The first-order chi connectivity index (χ1) is 12.2. The average Bonchev–Trinajstić information content (AvgIpc) is 2.61. The number of benzene rings is 1. The van der Waals surface area contributed by atoms with E-state index in [-0.39, 0.29) is 32.2 Å². The largest absolute Gasteiger partial charge is 0.426 e. The van der Waals surface area contributed by atoms with Gasteiger partial charge in [-0.2, -0.15) is 18.4 Å². The smallest absolute Gasteiger partial charge is 0.425 e. The lowest BCUT2D eigenvalue weighted by atomic mass is 10.0. The Morgan fingerprint density at radius 2 is 1.73 bits per heavy atom. The molecule has 0 aromatic heterocycles. The van der Waals surface area contributed by atoms with Crippen molar-refractivity contribution < 1.29 is 27.8 Å². The summed E-state index contributed by atoms with van der Waals surface area (Å²) < 4.78 is 43.9.